The van der Waals surface area contributed by atoms with Crippen LogP contribution in [0.2, 0.25) is 0 Å². The van der Waals surface area contributed by atoms with Crippen molar-refractivity contribution < 1.29 is 0 Å². The molecule has 0 atom stereocenters. The molecule has 0 aromatic heterocycles. The average Bonchev–Trinajstić information content (AvgIpc) is 1.77. The Hall–Kier alpha value is 0.142. The fraction of sp³-hybridized carbons (Fsp3) is 0.143. The summed E-state index contributed by atoms with van der Waals surface area (Å²) in [6, 6.07) is 8.67. The van der Waals surface area contributed by atoms with Crippen LogP contribution in [0.3, 0.4) is 0 Å². The summed E-state index contributed by atoms with van der Waals surface area (Å²) < 4.78 is 1.47. The predicted octanol–water partition coefficient (Wildman–Crippen LogP) is 0.789. The molecule has 0 aliphatic rings. The third-order valence-corrected chi connectivity index (χ3v) is 2.35. The van der Waals surface area contributed by atoms with E-state index in [1.165, 1.54) is 34.5 Å². The quantitative estimate of drug-likeness (QED) is 0.621. The van der Waals surface area contributed by atoms with Crippen molar-refractivity contribution in [2.24, 2.45) is 0 Å². The molecule has 0 aliphatic carbocycles. The molecule has 0 spiro atoms. The third kappa shape index (κ3) is 1.58. The van der Waals surface area contributed by atoms with Gasteiger partial charge in [-0.3, -0.25) is 0 Å². The molecule has 1 aromatic carbocycles. The van der Waals surface area contributed by atoms with Gasteiger partial charge in [-0.25, -0.2) is 0 Å². The summed E-state index contributed by atoms with van der Waals surface area (Å²) in [5.41, 5.74) is 1.35. The second kappa shape index (κ2) is 2.62. The minimum atomic E-state index is 1.17. The number of benzene rings is 1. The Bertz CT molecular complexity index is 143. The van der Waals surface area contributed by atoms with E-state index in [2.05, 4.69) is 31.2 Å². The third-order valence-electron chi connectivity index (χ3n) is 1.05. The minimum absolute atomic E-state index is 1.17. The molecule has 1 aromatic rings. The van der Waals surface area contributed by atoms with Crippen LogP contribution in [-0.2, 0) is 0 Å². The Balaban J connectivity index is 3.03. The summed E-state index contributed by atoms with van der Waals surface area (Å²) in [5.74, 6) is 0. The van der Waals surface area contributed by atoms with Gasteiger partial charge in [0, 0.05) is 0 Å². The molecule has 1 heteroatoms. The van der Waals surface area contributed by atoms with Crippen LogP contribution in [0.5, 0.6) is 0 Å². The van der Waals surface area contributed by atoms with Crippen molar-refractivity contribution in [3.05, 3.63) is 29.8 Å². The molecule has 0 N–H and O–H groups in total. The van der Waals surface area contributed by atoms with Gasteiger partial charge in [0.1, 0.15) is 0 Å². The molecule has 0 aliphatic heterocycles. The summed E-state index contributed by atoms with van der Waals surface area (Å²) in [6.45, 7) is 2.11. The zero-order chi connectivity index (χ0) is 5.98. The van der Waals surface area contributed by atoms with Gasteiger partial charge in [-0.05, 0) is 0 Å². The number of hydrogen-bond acceptors (Lipinski definition) is 0. The molecule has 0 saturated carbocycles. The summed E-state index contributed by atoms with van der Waals surface area (Å²) >= 11 is 1.17. The second-order valence-electron chi connectivity index (χ2n) is 1.87. The Labute approximate surface area is 65.6 Å². The van der Waals surface area contributed by atoms with Crippen molar-refractivity contribution in [2.45, 2.75) is 6.92 Å². The van der Waals surface area contributed by atoms with Crippen molar-refractivity contribution >= 4 is 28.9 Å². The Morgan fingerprint density at radius 3 is 2.00 bits per heavy atom. The number of rotatable bonds is 0. The van der Waals surface area contributed by atoms with Crippen LogP contribution in [0.4, 0.5) is 0 Å². The number of aryl methyl sites for hydroxylation is 1. The van der Waals surface area contributed by atoms with Crippen LogP contribution in [0.1, 0.15) is 5.56 Å². The average molecular weight is 298 g/mol. The van der Waals surface area contributed by atoms with Gasteiger partial charge in [-0.2, -0.15) is 0 Å². The van der Waals surface area contributed by atoms with Gasteiger partial charge in [0.15, 0.2) is 0 Å². The first kappa shape index (κ1) is 6.26. The molecular formula is C7H7Pb. The van der Waals surface area contributed by atoms with Crippen LogP contribution in [0.25, 0.3) is 0 Å². The van der Waals surface area contributed by atoms with E-state index in [-0.39, 0.29) is 0 Å². The molecule has 0 unspecified atom stereocenters. The molecule has 0 saturated heterocycles. The van der Waals surface area contributed by atoms with Crippen molar-refractivity contribution in [1.82, 2.24) is 0 Å². The monoisotopic (exact) mass is 299 g/mol. The normalized spacial score (nSPS) is 9.25. The summed E-state index contributed by atoms with van der Waals surface area (Å²) in [7, 11) is 0. The van der Waals surface area contributed by atoms with E-state index in [1.807, 2.05) is 0 Å². The predicted molar refractivity (Wildman–Crippen MR) is 36.6 cm³/mol. The molecule has 3 radical (unpaired) electrons. The molecule has 0 heterocycles. The topological polar surface area (TPSA) is 0 Å². The second-order valence-corrected chi connectivity index (χ2v) is 4.11. The molecule has 0 fully saturated rings. The Kier molecular flexibility index (Phi) is 2.05. The molecule has 1 rings (SSSR count). The Morgan fingerprint density at radius 2 is 1.62 bits per heavy atom. The van der Waals surface area contributed by atoms with E-state index in [0.717, 1.165) is 0 Å². The zero-order valence-corrected chi connectivity index (χ0v) is 8.70. The summed E-state index contributed by atoms with van der Waals surface area (Å²) in [5, 5.41) is 0. The zero-order valence-electron chi connectivity index (χ0n) is 4.81. The van der Waals surface area contributed by atoms with Crippen LogP contribution in [0, 0.1) is 6.92 Å². The first-order valence-electron chi connectivity index (χ1n) is 2.57. The molecule has 0 nitrogen and oxygen atoms in total. The SMILES string of the molecule is Cc1cc[c]([Pb])cc1. The Morgan fingerprint density at radius 1 is 1.12 bits per heavy atom. The van der Waals surface area contributed by atoms with E-state index in [0.29, 0.717) is 0 Å². The van der Waals surface area contributed by atoms with E-state index < -0.39 is 0 Å². The van der Waals surface area contributed by atoms with Crippen molar-refractivity contribution in [3.8, 4) is 0 Å². The van der Waals surface area contributed by atoms with Crippen LogP contribution >= 0.6 is 0 Å². The van der Waals surface area contributed by atoms with Crippen molar-refractivity contribution in [3.63, 3.8) is 0 Å². The van der Waals surface area contributed by atoms with Gasteiger partial charge in [-0.15, -0.1) is 0 Å². The fourth-order valence-corrected chi connectivity index (χ4v) is 1.20. The van der Waals surface area contributed by atoms with Gasteiger partial charge >= 0.3 is 65.6 Å². The van der Waals surface area contributed by atoms with Gasteiger partial charge in [-0.1, -0.05) is 0 Å². The van der Waals surface area contributed by atoms with Gasteiger partial charge in [0.25, 0.3) is 0 Å². The first-order valence-corrected chi connectivity index (χ1v) is 4.52. The van der Waals surface area contributed by atoms with Crippen LogP contribution in [0.15, 0.2) is 24.3 Å². The molecular weight excluding hydrogens is 291 g/mol. The van der Waals surface area contributed by atoms with E-state index in [4.69, 9.17) is 0 Å². The maximum atomic E-state index is 2.18. The van der Waals surface area contributed by atoms with E-state index >= 15 is 0 Å². The molecule has 0 amide bonds. The molecule has 0 bridgehead atoms. The number of hydrogen-bond donors (Lipinski definition) is 0. The standard InChI is InChI=1S/C7H7.Pb/c1-7-5-3-2-4-6-7;/h3-6H,1H3;. The van der Waals surface area contributed by atoms with Crippen LogP contribution < -0.4 is 3.12 Å². The molecule has 8 heavy (non-hydrogen) atoms. The van der Waals surface area contributed by atoms with E-state index in [9.17, 15) is 0 Å². The summed E-state index contributed by atoms with van der Waals surface area (Å²) in [6.07, 6.45) is 0. The van der Waals surface area contributed by atoms with Crippen LogP contribution in [-0.4, -0.2) is 25.8 Å². The van der Waals surface area contributed by atoms with Crippen molar-refractivity contribution in [2.75, 3.05) is 0 Å². The van der Waals surface area contributed by atoms with Gasteiger partial charge in [0.2, 0.25) is 0 Å². The fourth-order valence-electron chi connectivity index (χ4n) is 0.554. The van der Waals surface area contributed by atoms with Gasteiger partial charge < -0.3 is 0 Å². The first-order chi connectivity index (χ1) is 3.79. The van der Waals surface area contributed by atoms with E-state index in [1.54, 1.807) is 0 Å². The van der Waals surface area contributed by atoms with Crippen molar-refractivity contribution in [1.29, 1.82) is 0 Å². The summed E-state index contributed by atoms with van der Waals surface area (Å²) in [4.78, 5) is 0. The van der Waals surface area contributed by atoms with Gasteiger partial charge in [0.05, 0.1) is 0 Å². The molecule has 39 valence electrons. The maximum absolute atomic E-state index is 2.18.